The molecule has 1 aromatic heterocycles. The smallest absolute Gasteiger partial charge is 0.273 e. The van der Waals surface area contributed by atoms with Gasteiger partial charge >= 0.3 is 0 Å². The number of halogens is 1. The molecule has 0 radical (unpaired) electrons. The number of tetrazole rings is 1. The molecule has 0 aliphatic carbocycles. The highest BCUT2D eigenvalue weighted by atomic mass is 35.5. The van der Waals surface area contributed by atoms with Crippen LogP contribution in [0.4, 0.5) is 5.69 Å². The average Bonchev–Trinajstić information content (AvgIpc) is 2.87. The Hall–Kier alpha value is -2.22. The Morgan fingerprint density at radius 3 is 2.84 bits per heavy atom. The highest BCUT2D eigenvalue weighted by molar-refractivity contribution is 6.20. The van der Waals surface area contributed by atoms with Crippen LogP contribution in [0.15, 0.2) is 18.2 Å². The first-order valence-electron chi connectivity index (χ1n) is 5.29. The standard InChI is InChI=1S/C10H10ClN5O3/c1-6(11)10-12-13-14-15(10)8-4-3-7(16(17)18)5-9(8)19-2/h3-6H,1-2H3. The van der Waals surface area contributed by atoms with Crippen LogP contribution in [0.1, 0.15) is 18.1 Å². The van der Waals surface area contributed by atoms with Gasteiger partial charge in [0.1, 0.15) is 5.69 Å². The molecule has 0 amide bonds. The average molecular weight is 284 g/mol. The van der Waals surface area contributed by atoms with Crippen molar-refractivity contribution in [1.82, 2.24) is 20.2 Å². The molecule has 0 aliphatic rings. The minimum atomic E-state index is -0.503. The Morgan fingerprint density at radius 2 is 2.26 bits per heavy atom. The summed E-state index contributed by atoms with van der Waals surface area (Å²) in [6, 6.07) is 4.16. The summed E-state index contributed by atoms with van der Waals surface area (Å²) in [5.74, 6) is 0.717. The fourth-order valence-corrected chi connectivity index (χ4v) is 1.70. The topological polar surface area (TPSA) is 96.0 Å². The number of alkyl halides is 1. The second kappa shape index (κ2) is 5.19. The number of ether oxygens (including phenoxy) is 1. The van der Waals surface area contributed by atoms with Crippen molar-refractivity contribution in [3.63, 3.8) is 0 Å². The summed E-state index contributed by atoms with van der Waals surface area (Å²) in [4.78, 5) is 10.2. The van der Waals surface area contributed by atoms with E-state index >= 15 is 0 Å². The van der Waals surface area contributed by atoms with Gasteiger partial charge in [0.2, 0.25) is 0 Å². The zero-order valence-electron chi connectivity index (χ0n) is 10.1. The van der Waals surface area contributed by atoms with Gasteiger partial charge < -0.3 is 4.74 Å². The molecule has 1 aromatic carbocycles. The van der Waals surface area contributed by atoms with Gasteiger partial charge in [0.05, 0.1) is 23.5 Å². The number of hydrogen-bond donors (Lipinski definition) is 0. The lowest BCUT2D eigenvalue weighted by Crippen LogP contribution is -2.06. The van der Waals surface area contributed by atoms with E-state index in [1.807, 2.05) is 0 Å². The summed E-state index contributed by atoms with van der Waals surface area (Å²) in [7, 11) is 1.41. The van der Waals surface area contributed by atoms with Gasteiger partial charge in [-0.25, -0.2) is 0 Å². The number of benzene rings is 1. The second-order valence-electron chi connectivity index (χ2n) is 3.68. The molecule has 0 N–H and O–H groups in total. The number of nitro groups is 1. The van der Waals surface area contributed by atoms with Crippen molar-refractivity contribution in [1.29, 1.82) is 0 Å². The SMILES string of the molecule is COc1cc([N+](=O)[O-])ccc1-n1nnnc1C(C)Cl. The third-order valence-electron chi connectivity index (χ3n) is 2.45. The van der Waals surface area contributed by atoms with E-state index in [4.69, 9.17) is 16.3 Å². The van der Waals surface area contributed by atoms with Crippen LogP contribution >= 0.6 is 11.6 Å². The molecule has 100 valence electrons. The molecule has 0 saturated carbocycles. The van der Waals surface area contributed by atoms with Crippen molar-refractivity contribution in [3.8, 4) is 11.4 Å². The summed E-state index contributed by atoms with van der Waals surface area (Å²) in [5.41, 5.74) is 0.412. The van der Waals surface area contributed by atoms with E-state index in [0.717, 1.165) is 0 Å². The van der Waals surface area contributed by atoms with Gasteiger partial charge in [-0.05, 0) is 23.4 Å². The molecule has 0 saturated heterocycles. The Labute approximate surface area is 113 Å². The van der Waals surface area contributed by atoms with Crippen molar-refractivity contribution < 1.29 is 9.66 Å². The van der Waals surface area contributed by atoms with Crippen LogP contribution in [0.5, 0.6) is 5.75 Å². The highest BCUT2D eigenvalue weighted by Gasteiger charge is 2.18. The van der Waals surface area contributed by atoms with Crippen LogP contribution in [-0.4, -0.2) is 32.2 Å². The Balaban J connectivity index is 2.56. The third-order valence-corrected chi connectivity index (χ3v) is 2.65. The summed E-state index contributed by atoms with van der Waals surface area (Å²) in [6.07, 6.45) is 0. The van der Waals surface area contributed by atoms with E-state index in [0.29, 0.717) is 17.3 Å². The molecule has 0 aliphatic heterocycles. The number of aromatic nitrogens is 4. The minimum Gasteiger partial charge on any atom is -0.494 e. The fourth-order valence-electron chi connectivity index (χ4n) is 1.57. The van der Waals surface area contributed by atoms with Gasteiger partial charge in [-0.2, -0.15) is 4.68 Å². The van der Waals surface area contributed by atoms with E-state index in [2.05, 4.69) is 15.5 Å². The first-order chi connectivity index (χ1) is 9.04. The summed E-state index contributed by atoms with van der Waals surface area (Å²) in [5, 5.41) is 21.5. The van der Waals surface area contributed by atoms with Crippen LogP contribution in [0.3, 0.4) is 0 Å². The van der Waals surface area contributed by atoms with E-state index in [1.165, 1.54) is 30.0 Å². The van der Waals surface area contributed by atoms with Crippen molar-refractivity contribution in [2.24, 2.45) is 0 Å². The van der Waals surface area contributed by atoms with Gasteiger partial charge in [-0.1, -0.05) is 0 Å². The predicted molar refractivity (Wildman–Crippen MR) is 66.6 cm³/mol. The molecule has 9 heteroatoms. The molecule has 1 heterocycles. The molecular weight excluding hydrogens is 274 g/mol. The van der Waals surface area contributed by atoms with Gasteiger partial charge in [0.15, 0.2) is 11.6 Å². The lowest BCUT2D eigenvalue weighted by atomic mass is 10.2. The van der Waals surface area contributed by atoms with E-state index in [9.17, 15) is 10.1 Å². The summed E-state index contributed by atoms with van der Waals surface area (Å²) >= 11 is 5.96. The molecule has 2 rings (SSSR count). The number of hydrogen-bond acceptors (Lipinski definition) is 6. The van der Waals surface area contributed by atoms with Crippen molar-refractivity contribution in [3.05, 3.63) is 34.1 Å². The maximum absolute atomic E-state index is 10.7. The molecule has 8 nitrogen and oxygen atoms in total. The molecule has 1 unspecified atom stereocenters. The van der Waals surface area contributed by atoms with Crippen LogP contribution in [-0.2, 0) is 0 Å². The predicted octanol–water partition coefficient (Wildman–Crippen LogP) is 1.88. The first-order valence-corrected chi connectivity index (χ1v) is 5.73. The summed E-state index contributed by atoms with van der Waals surface area (Å²) in [6.45, 7) is 1.72. The quantitative estimate of drug-likeness (QED) is 0.483. The largest absolute Gasteiger partial charge is 0.494 e. The highest BCUT2D eigenvalue weighted by Crippen LogP contribution is 2.29. The minimum absolute atomic E-state index is 0.0749. The molecule has 0 bridgehead atoms. The lowest BCUT2D eigenvalue weighted by Gasteiger charge is -2.10. The molecule has 0 spiro atoms. The summed E-state index contributed by atoms with van der Waals surface area (Å²) < 4.78 is 6.52. The molecular formula is C10H10ClN5O3. The molecule has 2 aromatic rings. The molecule has 19 heavy (non-hydrogen) atoms. The fraction of sp³-hybridized carbons (Fsp3) is 0.300. The second-order valence-corrected chi connectivity index (χ2v) is 4.33. The Morgan fingerprint density at radius 1 is 1.53 bits per heavy atom. The maximum atomic E-state index is 10.7. The van der Waals surface area contributed by atoms with Gasteiger partial charge in [-0.3, -0.25) is 10.1 Å². The number of nitro benzene ring substituents is 1. The zero-order chi connectivity index (χ0) is 14.0. The van der Waals surface area contributed by atoms with Crippen molar-refractivity contribution in [2.75, 3.05) is 7.11 Å². The van der Waals surface area contributed by atoms with E-state index < -0.39 is 10.3 Å². The normalized spacial score (nSPS) is 12.2. The number of nitrogens with zero attached hydrogens (tertiary/aromatic N) is 5. The molecule has 0 fully saturated rings. The van der Waals surface area contributed by atoms with E-state index in [-0.39, 0.29) is 5.69 Å². The van der Waals surface area contributed by atoms with Crippen LogP contribution in [0.25, 0.3) is 5.69 Å². The van der Waals surface area contributed by atoms with Gasteiger partial charge in [0.25, 0.3) is 5.69 Å². The maximum Gasteiger partial charge on any atom is 0.273 e. The number of non-ortho nitro benzene ring substituents is 1. The Bertz CT molecular complexity index is 613. The van der Waals surface area contributed by atoms with Gasteiger partial charge in [0, 0.05) is 6.07 Å². The van der Waals surface area contributed by atoms with Crippen molar-refractivity contribution >= 4 is 17.3 Å². The Kier molecular flexibility index (Phi) is 3.61. The monoisotopic (exact) mass is 283 g/mol. The van der Waals surface area contributed by atoms with Crippen molar-refractivity contribution in [2.45, 2.75) is 12.3 Å². The zero-order valence-corrected chi connectivity index (χ0v) is 10.9. The van der Waals surface area contributed by atoms with Crippen LogP contribution in [0, 0.1) is 10.1 Å². The first kappa shape index (κ1) is 13.2. The van der Waals surface area contributed by atoms with Crippen LogP contribution in [0.2, 0.25) is 0 Å². The van der Waals surface area contributed by atoms with Crippen LogP contribution < -0.4 is 4.74 Å². The lowest BCUT2D eigenvalue weighted by molar-refractivity contribution is -0.384. The molecule has 1 atom stereocenters. The number of methoxy groups -OCH3 is 1. The number of rotatable bonds is 4. The van der Waals surface area contributed by atoms with Gasteiger partial charge in [-0.15, -0.1) is 16.7 Å². The van der Waals surface area contributed by atoms with E-state index in [1.54, 1.807) is 6.92 Å². The third kappa shape index (κ3) is 2.48.